The Kier molecular flexibility index (Phi) is 4.64. The van der Waals surface area contributed by atoms with E-state index >= 15 is 0 Å². The maximum Gasteiger partial charge on any atom is 0.211 e. The summed E-state index contributed by atoms with van der Waals surface area (Å²) in [6, 6.07) is 0. The molecule has 0 aliphatic carbocycles. The van der Waals surface area contributed by atoms with Gasteiger partial charge in [-0.05, 0) is 20.8 Å². The molecule has 0 N–H and O–H groups in total. The lowest BCUT2D eigenvalue weighted by Gasteiger charge is -2.18. The fourth-order valence-electron chi connectivity index (χ4n) is 0.886. The van der Waals surface area contributed by atoms with Crippen LogP contribution in [0, 0.1) is 0 Å². The van der Waals surface area contributed by atoms with Crippen LogP contribution >= 0.6 is 0 Å². The summed E-state index contributed by atoms with van der Waals surface area (Å²) in [4.78, 5) is 0. The average molecular weight is 205 g/mol. The first-order valence-corrected chi connectivity index (χ1v) is 6.22. The molecular weight excluding hydrogens is 186 g/mol. The molecule has 0 rings (SSSR count). The van der Waals surface area contributed by atoms with E-state index in [9.17, 15) is 8.42 Å². The lowest BCUT2D eigenvalue weighted by atomic mass is 10.2. The van der Waals surface area contributed by atoms with Crippen LogP contribution in [0.25, 0.3) is 0 Å². The van der Waals surface area contributed by atoms with Crippen LogP contribution in [0.15, 0.2) is 11.1 Å². The fourth-order valence-corrected chi connectivity index (χ4v) is 1.78. The number of hydrogen-bond donors (Lipinski definition) is 0. The van der Waals surface area contributed by atoms with Gasteiger partial charge in [0.25, 0.3) is 0 Å². The van der Waals surface area contributed by atoms with Crippen molar-refractivity contribution in [1.82, 2.24) is 4.31 Å². The second kappa shape index (κ2) is 4.77. The van der Waals surface area contributed by atoms with Crippen LogP contribution < -0.4 is 0 Å². The Hall–Kier alpha value is -0.350. The van der Waals surface area contributed by atoms with Gasteiger partial charge in [0.15, 0.2) is 0 Å². The summed E-state index contributed by atoms with van der Waals surface area (Å²) >= 11 is 0. The van der Waals surface area contributed by atoms with Crippen molar-refractivity contribution in [3.63, 3.8) is 0 Å². The van der Waals surface area contributed by atoms with Gasteiger partial charge in [0.05, 0.1) is 6.26 Å². The highest BCUT2D eigenvalue weighted by Gasteiger charge is 2.14. The summed E-state index contributed by atoms with van der Waals surface area (Å²) in [6.45, 7) is 8.83. The molecule has 0 aromatic rings. The first-order chi connectivity index (χ1) is 5.79. The highest BCUT2D eigenvalue weighted by atomic mass is 32.2. The summed E-state index contributed by atoms with van der Waals surface area (Å²) in [7, 11) is -3.04. The van der Waals surface area contributed by atoms with Gasteiger partial charge in [-0.3, -0.25) is 0 Å². The molecule has 3 nitrogen and oxygen atoms in total. The van der Waals surface area contributed by atoms with Crippen LogP contribution in [0.2, 0.25) is 0 Å². The monoisotopic (exact) mass is 205 g/mol. The van der Waals surface area contributed by atoms with Crippen LogP contribution in [0.4, 0.5) is 0 Å². The molecule has 0 aromatic heterocycles. The Balaban J connectivity index is 4.60. The highest BCUT2D eigenvalue weighted by Crippen LogP contribution is 2.07. The molecule has 0 saturated heterocycles. The molecule has 4 heteroatoms. The van der Waals surface area contributed by atoms with Crippen LogP contribution in [-0.4, -0.2) is 32.1 Å². The fraction of sp³-hybridized carbons (Fsp3) is 0.778. The maximum atomic E-state index is 11.2. The molecule has 0 bridgehead atoms. The summed E-state index contributed by atoms with van der Waals surface area (Å²) in [6.07, 6.45) is 1.24. The van der Waals surface area contributed by atoms with Gasteiger partial charge < -0.3 is 0 Å². The third kappa shape index (κ3) is 4.43. The Morgan fingerprint density at radius 1 is 1.23 bits per heavy atom. The van der Waals surface area contributed by atoms with Gasteiger partial charge >= 0.3 is 0 Å². The molecule has 13 heavy (non-hydrogen) atoms. The van der Waals surface area contributed by atoms with Crippen molar-refractivity contribution in [2.24, 2.45) is 0 Å². The maximum absolute atomic E-state index is 11.2. The van der Waals surface area contributed by atoms with E-state index in [0.29, 0.717) is 13.1 Å². The van der Waals surface area contributed by atoms with Crippen LogP contribution in [-0.2, 0) is 10.0 Å². The van der Waals surface area contributed by atoms with Gasteiger partial charge in [0, 0.05) is 13.1 Å². The van der Waals surface area contributed by atoms with E-state index < -0.39 is 10.0 Å². The van der Waals surface area contributed by atoms with Crippen LogP contribution in [0.5, 0.6) is 0 Å². The second-order valence-corrected chi connectivity index (χ2v) is 5.45. The van der Waals surface area contributed by atoms with Gasteiger partial charge in [-0.1, -0.05) is 18.1 Å². The van der Waals surface area contributed by atoms with Gasteiger partial charge in [-0.2, -0.15) is 4.31 Å². The Labute approximate surface area is 81.5 Å². The highest BCUT2D eigenvalue weighted by molar-refractivity contribution is 7.88. The van der Waals surface area contributed by atoms with Crippen LogP contribution in [0.1, 0.15) is 27.7 Å². The van der Waals surface area contributed by atoms with Gasteiger partial charge in [-0.15, -0.1) is 0 Å². The molecule has 0 unspecified atom stereocenters. The molecule has 0 saturated carbocycles. The minimum Gasteiger partial charge on any atom is -0.212 e. The van der Waals surface area contributed by atoms with E-state index in [4.69, 9.17) is 0 Å². The van der Waals surface area contributed by atoms with E-state index in [1.165, 1.54) is 16.1 Å². The van der Waals surface area contributed by atoms with Crippen molar-refractivity contribution in [3.05, 3.63) is 11.1 Å². The zero-order valence-electron chi connectivity index (χ0n) is 9.09. The Morgan fingerprint density at radius 3 is 1.92 bits per heavy atom. The molecule has 78 valence electrons. The number of rotatable bonds is 4. The summed E-state index contributed by atoms with van der Waals surface area (Å²) in [5, 5.41) is 0. The number of likely N-dealkylation sites (N-methyl/N-ethyl adjacent to an activating group) is 1. The van der Waals surface area contributed by atoms with Crippen molar-refractivity contribution >= 4 is 10.0 Å². The lowest BCUT2D eigenvalue weighted by Crippen LogP contribution is -2.31. The van der Waals surface area contributed by atoms with E-state index in [1.807, 2.05) is 27.7 Å². The first-order valence-electron chi connectivity index (χ1n) is 4.37. The normalized spacial score (nSPS) is 11.8. The van der Waals surface area contributed by atoms with Crippen molar-refractivity contribution < 1.29 is 8.42 Å². The minimum absolute atomic E-state index is 0.512. The predicted molar refractivity (Wildman–Crippen MR) is 56.1 cm³/mol. The first kappa shape index (κ1) is 12.7. The molecule has 0 spiro atoms. The van der Waals surface area contributed by atoms with Crippen LogP contribution in [0.3, 0.4) is 0 Å². The lowest BCUT2D eigenvalue weighted by molar-refractivity contribution is 0.456. The van der Waals surface area contributed by atoms with Crippen molar-refractivity contribution in [3.8, 4) is 0 Å². The molecule has 0 heterocycles. The number of sulfonamides is 1. The van der Waals surface area contributed by atoms with E-state index in [-0.39, 0.29) is 0 Å². The van der Waals surface area contributed by atoms with Gasteiger partial charge in [0.2, 0.25) is 10.0 Å². The van der Waals surface area contributed by atoms with E-state index in [0.717, 1.165) is 5.57 Å². The average Bonchev–Trinajstić information content (AvgIpc) is 1.96. The topological polar surface area (TPSA) is 37.4 Å². The summed E-state index contributed by atoms with van der Waals surface area (Å²) in [5.74, 6) is 0. The van der Waals surface area contributed by atoms with Crippen molar-refractivity contribution in [2.75, 3.05) is 19.3 Å². The molecule has 0 fully saturated rings. The molecular formula is C9H19NO2S. The second-order valence-electron chi connectivity index (χ2n) is 3.47. The van der Waals surface area contributed by atoms with Gasteiger partial charge in [-0.25, -0.2) is 8.42 Å². The Bertz CT molecular complexity index is 287. The molecule has 0 radical (unpaired) electrons. The van der Waals surface area contributed by atoms with E-state index in [1.54, 1.807) is 0 Å². The largest absolute Gasteiger partial charge is 0.212 e. The van der Waals surface area contributed by atoms with Crippen molar-refractivity contribution in [1.29, 1.82) is 0 Å². The third-order valence-corrected chi connectivity index (χ3v) is 3.41. The molecule has 0 aliphatic rings. The zero-order valence-corrected chi connectivity index (χ0v) is 9.90. The molecule has 0 aromatic carbocycles. The Morgan fingerprint density at radius 2 is 1.69 bits per heavy atom. The van der Waals surface area contributed by atoms with E-state index in [2.05, 4.69) is 0 Å². The minimum atomic E-state index is -3.04. The summed E-state index contributed by atoms with van der Waals surface area (Å²) < 4.78 is 23.9. The number of hydrogen-bond acceptors (Lipinski definition) is 2. The zero-order chi connectivity index (χ0) is 10.6. The smallest absolute Gasteiger partial charge is 0.211 e. The molecule has 0 aliphatic heterocycles. The standard InChI is InChI=1S/C9H19NO2S/c1-6-10(13(5,11)12)7-9(4)8(2)3/h6-7H2,1-5H3. The summed E-state index contributed by atoms with van der Waals surface area (Å²) in [5.41, 5.74) is 2.30. The quantitative estimate of drug-likeness (QED) is 0.654. The number of nitrogens with zero attached hydrogens (tertiary/aromatic N) is 1. The third-order valence-electron chi connectivity index (χ3n) is 2.09. The molecule has 0 atom stereocenters. The molecule has 0 amide bonds. The number of allylic oxidation sites excluding steroid dienone is 1. The van der Waals surface area contributed by atoms with Crippen molar-refractivity contribution in [2.45, 2.75) is 27.7 Å². The predicted octanol–water partition coefficient (Wildman–Crippen LogP) is 1.62. The SMILES string of the molecule is CCN(CC(C)=C(C)C)S(C)(=O)=O. The van der Waals surface area contributed by atoms with Gasteiger partial charge in [0.1, 0.15) is 0 Å².